The van der Waals surface area contributed by atoms with Crippen LogP contribution < -0.4 is 0 Å². The van der Waals surface area contributed by atoms with Crippen molar-refractivity contribution in [3.63, 3.8) is 0 Å². The number of nitrogens with zero attached hydrogens (tertiary/aromatic N) is 3. The molecule has 36 heavy (non-hydrogen) atoms. The van der Waals surface area contributed by atoms with Gasteiger partial charge in [-0.15, -0.1) is 0 Å². The van der Waals surface area contributed by atoms with Gasteiger partial charge in [-0.2, -0.15) is 0 Å². The van der Waals surface area contributed by atoms with Gasteiger partial charge in [-0.05, 0) is 67.3 Å². The first-order valence-corrected chi connectivity index (χ1v) is 13.0. The van der Waals surface area contributed by atoms with E-state index in [1.54, 1.807) is 6.26 Å². The van der Waals surface area contributed by atoms with Gasteiger partial charge < -0.3 is 14.1 Å². The second-order valence-electron chi connectivity index (χ2n) is 10.6. The van der Waals surface area contributed by atoms with Crippen molar-refractivity contribution in [2.24, 2.45) is 10.9 Å². The number of benzene rings is 2. The monoisotopic (exact) mass is 483 g/mol. The van der Waals surface area contributed by atoms with Gasteiger partial charge in [-0.1, -0.05) is 30.3 Å². The third kappa shape index (κ3) is 3.64. The lowest BCUT2D eigenvalue weighted by atomic mass is 10.0. The van der Waals surface area contributed by atoms with Crippen LogP contribution in [-0.2, 0) is 14.3 Å². The first kappa shape index (κ1) is 21.8. The summed E-state index contributed by atoms with van der Waals surface area (Å²) in [7, 11) is 0. The van der Waals surface area contributed by atoms with Crippen LogP contribution in [0.15, 0.2) is 64.2 Å². The predicted octanol–water partition coefficient (Wildman–Crippen LogP) is 4.25. The van der Waals surface area contributed by atoms with Gasteiger partial charge in [0.05, 0.1) is 6.26 Å². The van der Waals surface area contributed by atoms with Crippen LogP contribution in [0.5, 0.6) is 0 Å². The Bertz CT molecular complexity index is 1360. The van der Waals surface area contributed by atoms with Crippen molar-refractivity contribution in [2.45, 2.75) is 43.7 Å². The molecule has 7 rings (SSSR count). The Balaban J connectivity index is 1.09. The fraction of sp³-hybridized carbons (Fsp3) is 0.414. The molecule has 0 bridgehead atoms. The topological polar surface area (TPSA) is 75.3 Å². The molecule has 2 aromatic carbocycles. The number of amidine groups is 1. The van der Waals surface area contributed by atoms with Crippen LogP contribution >= 0.6 is 0 Å². The summed E-state index contributed by atoms with van der Waals surface area (Å²) >= 11 is 0. The van der Waals surface area contributed by atoms with Gasteiger partial charge in [0.1, 0.15) is 23.1 Å². The smallest absolute Gasteiger partial charge is 0.256 e. The molecule has 4 aliphatic rings. The highest BCUT2D eigenvalue weighted by Crippen LogP contribution is 2.46. The van der Waals surface area contributed by atoms with E-state index in [4.69, 9.17) is 14.1 Å². The molecule has 184 valence electrons. The molecule has 0 N–H and O–H groups in total. The fourth-order valence-electron chi connectivity index (χ4n) is 5.87. The average Bonchev–Trinajstić information content (AvgIpc) is 3.39. The summed E-state index contributed by atoms with van der Waals surface area (Å²) in [4.78, 5) is 34.9. The fourth-order valence-corrected chi connectivity index (χ4v) is 5.87. The normalized spacial score (nSPS) is 24.8. The number of fused-ring (bicyclic) bond motifs is 1. The first-order chi connectivity index (χ1) is 17.6. The van der Waals surface area contributed by atoms with Crippen LogP contribution in [0.3, 0.4) is 0 Å². The maximum atomic E-state index is 13.4. The lowest BCUT2D eigenvalue weighted by molar-refractivity contribution is -0.139. The molecule has 0 radical (unpaired) electrons. The van der Waals surface area contributed by atoms with Gasteiger partial charge in [0, 0.05) is 37.2 Å². The molecule has 2 amide bonds. The number of amides is 2. The second kappa shape index (κ2) is 8.30. The molecule has 7 heteroatoms. The van der Waals surface area contributed by atoms with E-state index in [1.807, 2.05) is 21.9 Å². The number of likely N-dealkylation sites (tertiary alicyclic amines) is 1. The highest BCUT2D eigenvalue weighted by atomic mass is 16.5. The lowest BCUT2D eigenvalue weighted by Crippen LogP contribution is -2.41. The van der Waals surface area contributed by atoms with E-state index in [0.29, 0.717) is 19.7 Å². The lowest BCUT2D eigenvalue weighted by Gasteiger charge is -2.24. The number of furan rings is 1. The van der Waals surface area contributed by atoms with E-state index in [2.05, 4.69) is 36.4 Å². The maximum absolute atomic E-state index is 13.4. The number of rotatable bonds is 5. The minimum absolute atomic E-state index is 0.111. The number of hydrogen-bond acceptors (Lipinski definition) is 5. The summed E-state index contributed by atoms with van der Waals surface area (Å²) in [6.07, 6.45) is 5.74. The Hall–Kier alpha value is -3.45. The molecule has 3 aromatic rings. The highest BCUT2D eigenvalue weighted by Gasteiger charge is 2.57. The van der Waals surface area contributed by atoms with Gasteiger partial charge in [-0.25, -0.2) is 0 Å². The molecule has 2 saturated heterocycles. The van der Waals surface area contributed by atoms with Gasteiger partial charge in [0.2, 0.25) is 0 Å². The molecule has 1 aromatic heterocycles. The van der Waals surface area contributed by atoms with Crippen molar-refractivity contribution >= 4 is 28.6 Å². The molecule has 3 fully saturated rings. The predicted molar refractivity (Wildman–Crippen MR) is 136 cm³/mol. The van der Waals surface area contributed by atoms with E-state index in [9.17, 15) is 9.59 Å². The van der Waals surface area contributed by atoms with Crippen molar-refractivity contribution < 1.29 is 18.7 Å². The average molecular weight is 484 g/mol. The molecule has 7 nitrogen and oxygen atoms in total. The van der Waals surface area contributed by atoms with Crippen LogP contribution in [0.1, 0.15) is 37.7 Å². The Morgan fingerprint density at radius 2 is 1.83 bits per heavy atom. The SMILES string of the molecule is O=C([C@H]1CCCO1)N1CC[C@@H](CN2C(=O)C3(CC3)N=C2c2ccc(-c3ccc4occc4c3)cc2)C1. The highest BCUT2D eigenvalue weighted by molar-refractivity contribution is 6.16. The van der Waals surface area contributed by atoms with E-state index in [0.717, 1.165) is 72.1 Å². The minimum Gasteiger partial charge on any atom is -0.464 e. The zero-order valence-electron chi connectivity index (χ0n) is 20.2. The standard InChI is InChI=1S/C29H29N3O4/c33-27(25-2-1-14-35-25)31-13-9-19(17-31)18-32-26(30-29(11-12-29)28(32)34)21-5-3-20(4-6-21)22-7-8-24-23(16-22)10-15-36-24/h3-8,10,15-16,19,25H,1-2,9,11-14,17-18H2/t19-,25-/m1/s1. The molecule has 1 spiro atoms. The third-order valence-corrected chi connectivity index (χ3v) is 8.11. The summed E-state index contributed by atoms with van der Waals surface area (Å²) in [6, 6.07) is 16.5. The van der Waals surface area contributed by atoms with E-state index >= 15 is 0 Å². The number of aliphatic imine (C=N–C) groups is 1. The number of carbonyl (C=O) groups excluding carboxylic acids is 2. The first-order valence-electron chi connectivity index (χ1n) is 13.0. The molecule has 0 unspecified atom stereocenters. The van der Waals surface area contributed by atoms with Gasteiger partial charge in [0.15, 0.2) is 0 Å². The van der Waals surface area contributed by atoms with Crippen molar-refractivity contribution in [3.05, 3.63) is 60.4 Å². The number of carbonyl (C=O) groups is 2. The van der Waals surface area contributed by atoms with Crippen LogP contribution in [0.4, 0.5) is 0 Å². The Morgan fingerprint density at radius 1 is 1.03 bits per heavy atom. The molecule has 1 aliphatic carbocycles. The molecular weight excluding hydrogens is 454 g/mol. The van der Waals surface area contributed by atoms with Crippen LogP contribution in [0, 0.1) is 5.92 Å². The Morgan fingerprint density at radius 3 is 2.61 bits per heavy atom. The van der Waals surface area contributed by atoms with Crippen molar-refractivity contribution in [3.8, 4) is 11.1 Å². The largest absolute Gasteiger partial charge is 0.464 e. The quantitative estimate of drug-likeness (QED) is 0.544. The summed E-state index contributed by atoms with van der Waals surface area (Å²) in [5, 5.41) is 1.08. The molecular formula is C29H29N3O4. The van der Waals surface area contributed by atoms with Gasteiger partial charge in [0.25, 0.3) is 11.8 Å². The van der Waals surface area contributed by atoms with Crippen molar-refractivity contribution in [1.29, 1.82) is 0 Å². The zero-order valence-corrected chi connectivity index (χ0v) is 20.2. The summed E-state index contributed by atoms with van der Waals surface area (Å²) in [5.74, 6) is 1.26. The van der Waals surface area contributed by atoms with Crippen LogP contribution in [0.2, 0.25) is 0 Å². The molecule has 4 heterocycles. The number of ether oxygens (including phenoxy) is 1. The van der Waals surface area contributed by atoms with Gasteiger partial charge >= 0.3 is 0 Å². The second-order valence-corrected chi connectivity index (χ2v) is 10.6. The van der Waals surface area contributed by atoms with E-state index in [1.165, 1.54) is 0 Å². The van der Waals surface area contributed by atoms with E-state index < -0.39 is 5.54 Å². The minimum atomic E-state index is -0.549. The molecule has 3 aliphatic heterocycles. The van der Waals surface area contributed by atoms with E-state index in [-0.39, 0.29) is 23.8 Å². The molecule has 1 saturated carbocycles. The summed E-state index contributed by atoms with van der Waals surface area (Å²) in [6.45, 7) is 2.69. The summed E-state index contributed by atoms with van der Waals surface area (Å²) < 4.78 is 11.1. The Labute approximate surface area is 209 Å². The third-order valence-electron chi connectivity index (χ3n) is 8.11. The van der Waals surface area contributed by atoms with Gasteiger partial charge in [-0.3, -0.25) is 19.5 Å². The van der Waals surface area contributed by atoms with Crippen molar-refractivity contribution in [2.75, 3.05) is 26.2 Å². The maximum Gasteiger partial charge on any atom is 0.256 e. The molecule has 2 atom stereocenters. The summed E-state index contributed by atoms with van der Waals surface area (Å²) in [5.41, 5.74) is 3.52. The zero-order chi connectivity index (χ0) is 24.3. The number of hydrogen-bond donors (Lipinski definition) is 0. The Kier molecular flexibility index (Phi) is 5.03. The van der Waals surface area contributed by atoms with Crippen LogP contribution in [0.25, 0.3) is 22.1 Å². The van der Waals surface area contributed by atoms with Crippen molar-refractivity contribution in [1.82, 2.24) is 9.80 Å². The van der Waals surface area contributed by atoms with Crippen LogP contribution in [-0.4, -0.2) is 65.3 Å².